The van der Waals surface area contributed by atoms with E-state index in [1.165, 1.54) is 6.07 Å². The van der Waals surface area contributed by atoms with E-state index in [-0.39, 0.29) is 0 Å². The Kier molecular flexibility index (Phi) is 5.29. The smallest absolute Gasteiger partial charge is 0.419 e. The summed E-state index contributed by atoms with van der Waals surface area (Å²) in [4.78, 5) is 28.3. The van der Waals surface area contributed by atoms with Gasteiger partial charge in [0.25, 0.3) is 0 Å². The summed E-state index contributed by atoms with van der Waals surface area (Å²) in [6.45, 7) is -0.628. The van der Waals surface area contributed by atoms with E-state index in [1.807, 2.05) is 0 Å². The van der Waals surface area contributed by atoms with Crippen molar-refractivity contribution in [3.05, 3.63) is 29.8 Å². The lowest BCUT2D eigenvalue weighted by molar-refractivity contribution is -0.142. The zero-order valence-corrected chi connectivity index (χ0v) is 10.8. The molecular formula is C10H11F3NO5P. The van der Waals surface area contributed by atoms with E-state index in [4.69, 9.17) is 9.79 Å². The first-order valence-corrected chi connectivity index (χ1v) is 7.01. The van der Waals surface area contributed by atoms with Crippen molar-refractivity contribution in [2.24, 2.45) is 0 Å². The van der Waals surface area contributed by atoms with Crippen LogP contribution in [0.4, 0.5) is 13.2 Å². The Bertz CT molecular complexity index is 528. The molecule has 0 aliphatic heterocycles. The predicted octanol–water partition coefficient (Wildman–Crippen LogP) is 1.34. The molecule has 0 fully saturated rings. The fourth-order valence-electron chi connectivity index (χ4n) is 1.25. The second-order valence-corrected chi connectivity index (χ2v) is 5.36. The Morgan fingerprint density at radius 3 is 2.45 bits per heavy atom. The molecule has 1 aromatic rings. The molecule has 10 heteroatoms. The normalized spacial score (nSPS) is 12.2. The van der Waals surface area contributed by atoms with E-state index in [0.717, 1.165) is 18.2 Å². The average Bonchev–Trinajstić information content (AvgIpc) is 2.26. The summed E-state index contributed by atoms with van der Waals surface area (Å²) >= 11 is 0. The number of rotatable bonds is 5. The van der Waals surface area contributed by atoms with E-state index in [9.17, 15) is 22.5 Å². The molecule has 0 heterocycles. The van der Waals surface area contributed by atoms with E-state index in [1.54, 1.807) is 0 Å². The van der Waals surface area contributed by atoms with Gasteiger partial charge in [0.05, 0.1) is 18.4 Å². The van der Waals surface area contributed by atoms with Crippen LogP contribution in [-0.2, 0) is 15.5 Å². The number of hydrogen-bond donors (Lipinski definition) is 3. The molecule has 20 heavy (non-hydrogen) atoms. The summed E-state index contributed by atoms with van der Waals surface area (Å²) in [5.41, 5.74) is -1.11. The van der Waals surface area contributed by atoms with Gasteiger partial charge in [-0.25, -0.2) is 0 Å². The number of ether oxygens (including phenoxy) is 1. The van der Waals surface area contributed by atoms with Crippen molar-refractivity contribution in [3.8, 4) is 5.75 Å². The average molecular weight is 313 g/mol. The molecule has 0 saturated heterocycles. The maximum atomic E-state index is 12.6. The zero-order chi connectivity index (χ0) is 15.4. The third-order valence-corrected chi connectivity index (χ3v) is 2.64. The monoisotopic (exact) mass is 313 g/mol. The quantitative estimate of drug-likeness (QED) is 0.431. The van der Waals surface area contributed by atoms with E-state index in [0.29, 0.717) is 0 Å². The molecule has 0 radical (unpaired) electrons. The molecule has 0 aliphatic carbocycles. The molecular weight excluding hydrogens is 302 g/mol. The van der Waals surface area contributed by atoms with Crippen LogP contribution in [0.5, 0.6) is 5.75 Å². The number of nitrogens with one attached hydrogen (secondary N) is 1. The number of esters is 1. The molecule has 0 aliphatic rings. The number of carbonyl (C=O) groups excluding carboxylic acids is 1. The van der Waals surface area contributed by atoms with Gasteiger partial charge in [-0.2, -0.15) is 13.2 Å². The summed E-state index contributed by atoms with van der Waals surface area (Å²) in [6, 6.07) is 4.14. The lowest BCUT2D eigenvalue weighted by atomic mass is 10.2. The minimum absolute atomic E-state index is 0.628. The number of benzene rings is 1. The molecule has 3 N–H and O–H groups in total. The highest BCUT2D eigenvalue weighted by molar-refractivity contribution is 7.51. The summed E-state index contributed by atoms with van der Waals surface area (Å²) in [6.07, 6.45) is -5.45. The second kappa shape index (κ2) is 6.36. The topological polar surface area (TPSA) is 95.9 Å². The number of halogens is 3. The van der Waals surface area contributed by atoms with Crippen molar-refractivity contribution in [2.45, 2.75) is 6.18 Å². The minimum Gasteiger partial charge on any atom is -0.425 e. The first kappa shape index (κ1) is 16.6. The summed E-state index contributed by atoms with van der Waals surface area (Å²) < 4.78 is 52.8. The van der Waals surface area contributed by atoms with Gasteiger partial charge in [0.1, 0.15) is 5.75 Å². The van der Waals surface area contributed by atoms with Gasteiger partial charge < -0.3 is 14.5 Å². The van der Waals surface area contributed by atoms with Crippen molar-refractivity contribution in [2.75, 3.05) is 12.8 Å². The highest BCUT2D eigenvalue weighted by Crippen LogP contribution is 2.36. The van der Waals surface area contributed by atoms with E-state index >= 15 is 0 Å². The van der Waals surface area contributed by atoms with Crippen molar-refractivity contribution in [3.63, 3.8) is 0 Å². The lowest BCUT2D eigenvalue weighted by Crippen LogP contribution is -2.28. The largest absolute Gasteiger partial charge is 0.425 e. The highest BCUT2D eigenvalue weighted by Gasteiger charge is 2.34. The zero-order valence-electron chi connectivity index (χ0n) is 9.92. The van der Waals surface area contributed by atoms with Crippen LogP contribution in [0.2, 0.25) is 0 Å². The predicted molar refractivity (Wildman–Crippen MR) is 62.0 cm³/mol. The van der Waals surface area contributed by atoms with Crippen molar-refractivity contribution >= 4 is 13.6 Å². The minimum atomic E-state index is -4.67. The Morgan fingerprint density at radius 2 is 1.90 bits per heavy atom. The van der Waals surface area contributed by atoms with Gasteiger partial charge in [0, 0.05) is 0 Å². The van der Waals surface area contributed by atoms with Crippen LogP contribution < -0.4 is 10.1 Å². The van der Waals surface area contributed by atoms with Gasteiger partial charge in [-0.05, 0) is 12.1 Å². The van der Waals surface area contributed by atoms with Crippen LogP contribution in [0, 0.1) is 0 Å². The van der Waals surface area contributed by atoms with E-state index < -0.39 is 43.9 Å². The molecule has 112 valence electrons. The molecule has 6 nitrogen and oxygen atoms in total. The summed E-state index contributed by atoms with van der Waals surface area (Å²) in [5, 5.41) is 2.08. The molecule has 0 bridgehead atoms. The number of para-hydroxylation sites is 1. The summed E-state index contributed by atoms with van der Waals surface area (Å²) in [5.74, 6) is -1.75. The third-order valence-electron chi connectivity index (χ3n) is 2.00. The van der Waals surface area contributed by atoms with Crippen molar-refractivity contribution < 1.29 is 37.1 Å². The molecule has 0 aromatic heterocycles. The Morgan fingerprint density at radius 1 is 1.30 bits per heavy atom. The fraction of sp³-hybridized carbons (Fsp3) is 0.300. The standard InChI is InChI=1S/C10H11F3NO5P/c11-10(12,13)7-3-1-2-4-8(7)19-9(15)5-14-6-20(16,17)18/h1-4,14H,5-6H2,(H2,16,17,18). The maximum Gasteiger partial charge on any atom is 0.419 e. The van der Waals surface area contributed by atoms with Crippen molar-refractivity contribution in [1.82, 2.24) is 5.32 Å². The maximum absolute atomic E-state index is 12.6. The Labute approximate surface area is 111 Å². The Balaban J connectivity index is 2.65. The molecule has 0 unspecified atom stereocenters. The van der Waals surface area contributed by atoms with Crippen LogP contribution >= 0.6 is 7.60 Å². The van der Waals surface area contributed by atoms with Crippen LogP contribution in [0.3, 0.4) is 0 Å². The number of carbonyl (C=O) groups is 1. The lowest BCUT2D eigenvalue weighted by Gasteiger charge is -2.12. The SMILES string of the molecule is O=C(CNCP(=O)(O)O)Oc1ccccc1C(F)(F)F. The van der Waals surface area contributed by atoms with Gasteiger partial charge in [-0.15, -0.1) is 0 Å². The molecule has 1 rings (SSSR count). The summed E-state index contributed by atoms with van der Waals surface area (Å²) in [7, 11) is -4.34. The molecule has 0 amide bonds. The van der Waals surface area contributed by atoms with Gasteiger partial charge in [-0.3, -0.25) is 14.7 Å². The van der Waals surface area contributed by atoms with Crippen LogP contribution in [0.1, 0.15) is 5.56 Å². The van der Waals surface area contributed by atoms with Crippen LogP contribution in [-0.4, -0.2) is 28.6 Å². The number of hydrogen-bond acceptors (Lipinski definition) is 4. The van der Waals surface area contributed by atoms with Crippen LogP contribution in [0.25, 0.3) is 0 Å². The molecule has 0 saturated carbocycles. The molecule has 1 aromatic carbocycles. The van der Waals surface area contributed by atoms with Gasteiger partial charge in [0.15, 0.2) is 0 Å². The van der Waals surface area contributed by atoms with Gasteiger partial charge in [0.2, 0.25) is 0 Å². The van der Waals surface area contributed by atoms with E-state index in [2.05, 4.69) is 10.1 Å². The first-order chi connectivity index (χ1) is 9.09. The third kappa shape index (κ3) is 5.70. The van der Waals surface area contributed by atoms with Crippen LogP contribution in [0.15, 0.2) is 24.3 Å². The van der Waals surface area contributed by atoms with Gasteiger partial charge in [-0.1, -0.05) is 12.1 Å². The fourth-order valence-corrected chi connectivity index (χ4v) is 1.66. The number of alkyl halides is 3. The first-order valence-electron chi connectivity index (χ1n) is 5.22. The second-order valence-electron chi connectivity index (χ2n) is 3.72. The highest BCUT2D eigenvalue weighted by atomic mass is 31.2. The molecule has 0 spiro atoms. The van der Waals surface area contributed by atoms with Crippen molar-refractivity contribution in [1.29, 1.82) is 0 Å². The van der Waals surface area contributed by atoms with Gasteiger partial charge >= 0.3 is 19.7 Å². The molecule has 0 atom stereocenters. The Hall–Kier alpha value is -1.41.